The summed E-state index contributed by atoms with van der Waals surface area (Å²) < 4.78 is 2.19. The molecule has 0 bridgehead atoms. The average molecular weight is 609 g/mol. The van der Waals surface area contributed by atoms with Crippen molar-refractivity contribution in [3.8, 4) is 22.9 Å². The SMILES string of the molecule is CC(C)(C)c1cc2c(Br)c(C#C[Si](C)(C)C)c3cccc4c(Br)c(C#C[Si](C)(C)C)c(c1)c2c43. The van der Waals surface area contributed by atoms with Crippen LogP contribution in [0.2, 0.25) is 39.3 Å². The molecule has 4 aromatic carbocycles. The highest BCUT2D eigenvalue weighted by Crippen LogP contribution is 2.47. The lowest BCUT2D eigenvalue weighted by atomic mass is 9.81. The van der Waals surface area contributed by atoms with Crippen molar-refractivity contribution in [2.24, 2.45) is 0 Å². The zero-order valence-electron chi connectivity index (χ0n) is 21.6. The van der Waals surface area contributed by atoms with Crippen molar-refractivity contribution in [2.45, 2.75) is 65.5 Å². The van der Waals surface area contributed by atoms with Crippen LogP contribution in [0.3, 0.4) is 0 Å². The molecule has 0 aliphatic rings. The van der Waals surface area contributed by atoms with Crippen molar-refractivity contribution < 1.29 is 0 Å². The summed E-state index contributed by atoms with van der Waals surface area (Å²) in [6.07, 6.45) is 0. The highest BCUT2D eigenvalue weighted by molar-refractivity contribution is 9.11. The zero-order chi connectivity index (χ0) is 25.2. The number of benzene rings is 4. The summed E-state index contributed by atoms with van der Waals surface area (Å²) in [5.41, 5.74) is 10.8. The molecule has 0 aromatic heterocycles. The first-order chi connectivity index (χ1) is 15.6. The Morgan fingerprint density at radius 1 is 0.647 bits per heavy atom. The number of rotatable bonds is 0. The second-order valence-corrected chi connectivity index (χ2v) is 23.4. The van der Waals surface area contributed by atoms with Crippen LogP contribution in [0.25, 0.3) is 32.3 Å². The fourth-order valence-corrected chi connectivity index (χ4v) is 6.45. The summed E-state index contributed by atoms with van der Waals surface area (Å²) in [6.45, 7) is 20.6. The normalized spacial score (nSPS) is 12.7. The van der Waals surface area contributed by atoms with E-state index in [4.69, 9.17) is 0 Å². The summed E-state index contributed by atoms with van der Waals surface area (Å²) in [7, 11) is -3.08. The van der Waals surface area contributed by atoms with Gasteiger partial charge < -0.3 is 0 Å². The molecule has 0 amide bonds. The quantitative estimate of drug-likeness (QED) is 0.106. The van der Waals surface area contributed by atoms with Crippen LogP contribution in [-0.2, 0) is 5.41 Å². The molecule has 0 saturated carbocycles. The van der Waals surface area contributed by atoms with E-state index >= 15 is 0 Å². The van der Waals surface area contributed by atoms with Crippen LogP contribution in [0.4, 0.5) is 0 Å². The molecule has 4 rings (SSSR count). The molecule has 0 aliphatic carbocycles. The average Bonchev–Trinajstić information content (AvgIpc) is 2.70. The first-order valence-electron chi connectivity index (χ1n) is 11.8. The first kappa shape index (κ1) is 25.5. The van der Waals surface area contributed by atoms with Gasteiger partial charge in [0.2, 0.25) is 0 Å². The van der Waals surface area contributed by atoms with E-state index in [1.165, 1.54) is 37.9 Å². The number of halogens is 2. The monoisotopic (exact) mass is 606 g/mol. The maximum Gasteiger partial charge on any atom is 0.129 e. The Morgan fingerprint density at radius 2 is 1.09 bits per heavy atom. The summed E-state index contributed by atoms with van der Waals surface area (Å²) in [5.74, 6) is 7.22. The van der Waals surface area contributed by atoms with Gasteiger partial charge in [-0.05, 0) is 81.9 Å². The minimum atomic E-state index is -1.55. The highest BCUT2D eigenvalue weighted by atomic mass is 79.9. The van der Waals surface area contributed by atoms with E-state index in [0.29, 0.717) is 0 Å². The number of hydrogen-bond acceptors (Lipinski definition) is 0. The van der Waals surface area contributed by atoms with Gasteiger partial charge in [0, 0.05) is 25.5 Å². The lowest BCUT2D eigenvalue weighted by Crippen LogP contribution is -2.16. The fraction of sp³-hybridized carbons (Fsp3) is 0.333. The summed E-state index contributed by atoms with van der Waals surface area (Å²) in [4.78, 5) is 0. The van der Waals surface area contributed by atoms with Crippen LogP contribution in [-0.4, -0.2) is 16.1 Å². The Bertz CT molecular complexity index is 1570. The van der Waals surface area contributed by atoms with Crippen molar-refractivity contribution in [1.82, 2.24) is 0 Å². The van der Waals surface area contributed by atoms with E-state index in [1.807, 2.05) is 0 Å². The molecular formula is C30H32Br2Si2. The summed E-state index contributed by atoms with van der Waals surface area (Å²) in [6, 6.07) is 11.3. The minimum absolute atomic E-state index is 0.0179. The predicted molar refractivity (Wildman–Crippen MR) is 165 cm³/mol. The second-order valence-electron chi connectivity index (χ2n) is 12.3. The standard InChI is InChI=1S/C30H32Br2Si2/c1-30(2,3)19-17-24-22(14-16-34(7,8)9)28(31)23-12-10-11-20-21(13-15-33(4,5)6)29(32)25(18-19)27(24)26(20)23/h10-12,17-18H,1-9H3. The van der Waals surface area contributed by atoms with Gasteiger partial charge in [-0.3, -0.25) is 0 Å². The van der Waals surface area contributed by atoms with Gasteiger partial charge in [-0.15, -0.1) is 11.1 Å². The molecule has 0 saturated heterocycles. The van der Waals surface area contributed by atoms with Crippen molar-refractivity contribution in [3.05, 3.63) is 56.0 Å². The van der Waals surface area contributed by atoms with E-state index in [1.54, 1.807) is 0 Å². The van der Waals surface area contributed by atoms with Crippen molar-refractivity contribution in [1.29, 1.82) is 0 Å². The van der Waals surface area contributed by atoms with Gasteiger partial charge in [0.05, 0.1) is 0 Å². The Morgan fingerprint density at radius 3 is 1.62 bits per heavy atom. The molecule has 0 heterocycles. The van der Waals surface area contributed by atoms with E-state index in [-0.39, 0.29) is 5.41 Å². The molecule has 0 atom stereocenters. The van der Waals surface area contributed by atoms with Crippen LogP contribution in [0, 0.1) is 22.9 Å². The van der Waals surface area contributed by atoms with Gasteiger partial charge in [-0.25, -0.2) is 0 Å². The maximum absolute atomic E-state index is 4.02. The molecule has 4 heteroatoms. The third kappa shape index (κ3) is 4.76. The Hall–Kier alpha value is -1.57. The molecule has 0 radical (unpaired) electrons. The van der Waals surface area contributed by atoms with Crippen molar-refractivity contribution in [3.63, 3.8) is 0 Å². The fourth-order valence-electron chi connectivity index (χ4n) is 4.18. The molecular weight excluding hydrogens is 576 g/mol. The number of hydrogen-bond donors (Lipinski definition) is 0. The minimum Gasteiger partial charge on any atom is -0.127 e. The van der Waals surface area contributed by atoms with Crippen LogP contribution < -0.4 is 0 Å². The molecule has 0 nitrogen and oxygen atoms in total. The first-order valence-corrected chi connectivity index (χ1v) is 20.4. The molecule has 34 heavy (non-hydrogen) atoms. The lowest BCUT2D eigenvalue weighted by molar-refractivity contribution is 0.591. The predicted octanol–water partition coefficient (Wildman–Crippen LogP) is 9.86. The van der Waals surface area contributed by atoms with E-state index in [0.717, 1.165) is 20.1 Å². The van der Waals surface area contributed by atoms with Crippen LogP contribution in [0.15, 0.2) is 39.3 Å². The summed E-state index contributed by atoms with van der Waals surface area (Å²) in [5, 5.41) is 7.45. The molecule has 174 valence electrons. The third-order valence-electron chi connectivity index (χ3n) is 5.89. The molecule has 0 aliphatic heterocycles. The maximum atomic E-state index is 4.02. The molecule has 0 N–H and O–H groups in total. The highest BCUT2D eigenvalue weighted by Gasteiger charge is 2.24. The third-order valence-corrected chi connectivity index (χ3v) is 9.29. The topological polar surface area (TPSA) is 0 Å². The van der Waals surface area contributed by atoms with Gasteiger partial charge in [0.15, 0.2) is 0 Å². The second kappa shape index (κ2) is 8.53. The Kier molecular flexibility index (Phi) is 6.40. The molecule has 0 fully saturated rings. The zero-order valence-corrected chi connectivity index (χ0v) is 26.8. The van der Waals surface area contributed by atoms with Crippen molar-refractivity contribution in [2.75, 3.05) is 0 Å². The molecule has 0 spiro atoms. The van der Waals surface area contributed by atoms with Crippen LogP contribution in [0.5, 0.6) is 0 Å². The lowest BCUT2D eigenvalue weighted by Gasteiger charge is -2.24. The van der Waals surface area contributed by atoms with Crippen molar-refractivity contribution >= 4 is 80.3 Å². The van der Waals surface area contributed by atoms with Crippen LogP contribution >= 0.6 is 31.9 Å². The van der Waals surface area contributed by atoms with Gasteiger partial charge in [-0.2, -0.15) is 0 Å². The van der Waals surface area contributed by atoms with Gasteiger partial charge in [0.1, 0.15) is 16.1 Å². The Balaban J connectivity index is 2.31. The van der Waals surface area contributed by atoms with Crippen LogP contribution in [0.1, 0.15) is 37.5 Å². The Labute approximate surface area is 223 Å². The van der Waals surface area contributed by atoms with Gasteiger partial charge in [-0.1, -0.05) is 90.1 Å². The molecule has 4 aromatic rings. The van der Waals surface area contributed by atoms with Gasteiger partial charge >= 0.3 is 0 Å². The van der Waals surface area contributed by atoms with E-state index in [2.05, 4.69) is 145 Å². The van der Waals surface area contributed by atoms with Gasteiger partial charge in [0.25, 0.3) is 0 Å². The summed E-state index contributed by atoms with van der Waals surface area (Å²) >= 11 is 8.01. The molecule has 0 unspecified atom stereocenters. The largest absolute Gasteiger partial charge is 0.129 e. The van der Waals surface area contributed by atoms with E-state index in [9.17, 15) is 0 Å². The smallest absolute Gasteiger partial charge is 0.127 e. The van der Waals surface area contributed by atoms with E-state index < -0.39 is 16.1 Å².